The number of fused-ring (bicyclic) bond motifs is 1. The molecule has 34 heavy (non-hydrogen) atoms. The molecule has 1 fully saturated rings. The van der Waals surface area contributed by atoms with Crippen molar-refractivity contribution in [2.45, 2.75) is 13.3 Å². The number of rotatable bonds is 6. The van der Waals surface area contributed by atoms with Gasteiger partial charge in [0.2, 0.25) is 17.6 Å². The zero-order valence-corrected chi connectivity index (χ0v) is 18.7. The van der Waals surface area contributed by atoms with Crippen molar-refractivity contribution in [3.8, 4) is 0 Å². The number of amides is 2. The van der Waals surface area contributed by atoms with Gasteiger partial charge in [0.05, 0.1) is 28.0 Å². The first-order chi connectivity index (χ1) is 16.2. The Kier molecular flexibility index (Phi) is 6.30. The number of nitro benzene ring substituents is 1. The fourth-order valence-corrected chi connectivity index (χ4v) is 4.48. The molecule has 0 N–H and O–H groups in total. The summed E-state index contributed by atoms with van der Waals surface area (Å²) in [6.07, 6.45) is 4.32. The Hall–Kier alpha value is -3.85. The molecule has 3 atom stereocenters. The summed E-state index contributed by atoms with van der Waals surface area (Å²) in [6, 6.07) is 9.40. The molecule has 0 bridgehead atoms. The van der Waals surface area contributed by atoms with Gasteiger partial charge in [-0.3, -0.25) is 29.4 Å². The summed E-state index contributed by atoms with van der Waals surface area (Å²) in [6.45, 7) is 1.23. The van der Waals surface area contributed by atoms with Gasteiger partial charge in [-0.15, -0.1) is 0 Å². The molecule has 9 nitrogen and oxygen atoms in total. The van der Waals surface area contributed by atoms with Crippen molar-refractivity contribution in [3.05, 3.63) is 80.9 Å². The number of carbonyl (C=O) groups is 4. The van der Waals surface area contributed by atoms with Gasteiger partial charge in [-0.05, 0) is 42.7 Å². The number of ether oxygens (including phenoxy) is 1. The second-order valence-corrected chi connectivity index (χ2v) is 8.55. The van der Waals surface area contributed by atoms with E-state index in [1.54, 1.807) is 6.07 Å². The largest absolute Gasteiger partial charge is 0.454 e. The first-order valence-electron chi connectivity index (χ1n) is 10.5. The molecule has 0 radical (unpaired) electrons. The number of hydrogen-bond donors (Lipinski definition) is 0. The molecular weight excluding hydrogens is 464 g/mol. The van der Waals surface area contributed by atoms with Gasteiger partial charge >= 0.3 is 5.97 Å². The molecule has 1 aliphatic heterocycles. The van der Waals surface area contributed by atoms with Crippen LogP contribution in [0.3, 0.4) is 0 Å². The normalized spacial score (nSPS) is 21.4. The number of esters is 1. The summed E-state index contributed by atoms with van der Waals surface area (Å²) < 4.78 is 5.07. The third-order valence-corrected chi connectivity index (χ3v) is 6.33. The Labute approximate surface area is 199 Å². The van der Waals surface area contributed by atoms with Crippen molar-refractivity contribution in [2.24, 2.45) is 17.8 Å². The van der Waals surface area contributed by atoms with Gasteiger partial charge in [-0.1, -0.05) is 36.7 Å². The number of allylic oxidation sites excluding steroid dienone is 2. The van der Waals surface area contributed by atoms with E-state index in [1.807, 2.05) is 19.1 Å². The Morgan fingerprint density at radius 3 is 2.62 bits per heavy atom. The van der Waals surface area contributed by atoms with E-state index in [-0.39, 0.29) is 39.6 Å². The third kappa shape index (κ3) is 4.22. The van der Waals surface area contributed by atoms with Crippen LogP contribution in [0.5, 0.6) is 0 Å². The Bertz CT molecular complexity index is 1260. The molecule has 1 saturated heterocycles. The minimum Gasteiger partial charge on any atom is -0.454 e. The summed E-state index contributed by atoms with van der Waals surface area (Å²) in [5.74, 6) is -3.04. The number of carbonyl (C=O) groups excluding carboxylic acids is 4. The predicted octanol–water partition coefficient (Wildman–Crippen LogP) is 3.99. The van der Waals surface area contributed by atoms with E-state index >= 15 is 0 Å². The first-order valence-corrected chi connectivity index (χ1v) is 10.9. The van der Waals surface area contributed by atoms with Gasteiger partial charge in [0.1, 0.15) is 5.02 Å². The zero-order chi connectivity index (χ0) is 24.6. The van der Waals surface area contributed by atoms with Crippen molar-refractivity contribution in [2.75, 3.05) is 11.5 Å². The average Bonchev–Trinajstić information content (AvgIpc) is 3.08. The molecule has 2 aromatic carbocycles. The number of benzene rings is 2. The molecule has 1 heterocycles. The van der Waals surface area contributed by atoms with Crippen LogP contribution in [0.15, 0.2) is 54.6 Å². The molecule has 2 aliphatic rings. The van der Waals surface area contributed by atoms with E-state index in [9.17, 15) is 29.3 Å². The molecule has 0 spiro atoms. The summed E-state index contributed by atoms with van der Waals surface area (Å²) in [5.41, 5.74) is -0.160. The number of hydrogen-bond acceptors (Lipinski definition) is 7. The number of nitro groups is 1. The molecule has 0 unspecified atom stereocenters. The topological polar surface area (TPSA) is 124 Å². The second kappa shape index (κ2) is 9.18. The number of ketones is 1. The zero-order valence-electron chi connectivity index (χ0n) is 18.0. The van der Waals surface area contributed by atoms with Crippen LogP contribution in [0.4, 0.5) is 11.4 Å². The molecular formula is C24H19ClN2O7. The lowest BCUT2D eigenvalue weighted by atomic mass is 9.78. The lowest BCUT2D eigenvalue weighted by Crippen LogP contribution is -2.31. The van der Waals surface area contributed by atoms with Crippen LogP contribution in [0.25, 0.3) is 0 Å². The highest BCUT2D eigenvalue weighted by atomic mass is 35.5. The molecule has 1 aliphatic carbocycles. The van der Waals surface area contributed by atoms with Gasteiger partial charge in [0.15, 0.2) is 6.61 Å². The van der Waals surface area contributed by atoms with Gasteiger partial charge in [0.25, 0.3) is 5.69 Å². The monoisotopic (exact) mass is 482 g/mol. The van der Waals surface area contributed by atoms with Crippen LogP contribution in [0.2, 0.25) is 5.02 Å². The highest BCUT2D eigenvalue weighted by molar-refractivity contribution is 6.32. The maximum atomic E-state index is 13.0. The van der Waals surface area contributed by atoms with E-state index in [0.29, 0.717) is 6.42 Å². The van der Waals surface area contributed by atoms with Crippen molar-refractivity contribution in [3.63, 3.8) is 0 Å². The molecule has 2 aromatic rings. The molecule has 0 aromatic heterocycles. The fourth-order valence-electron chi connectivity index (χ4n) is 4.30. The molecule has 10 heteroatoms. The lowest BCUT2D eigenvalue weighted by Gasteiger charge is -2.22. The van der Waals surface area contributed by atoms with Gasteiger partial charge in [-0.2, -0.15) is 0 Å². The minimum absolute atomic E-state index is 0.0313. The number of halogens is 1. The minimum atomic E-state index is -0.842. The average molecular weight is 483 g/mol. The summed E-state index contributed by atoms with van der Waals surface area (Å²) in [4.78, 5) is 62.2. The number of Topliss-reactive ketones (excluding diaryl/α,β-unsaturated/α-hetero) is 1. The van der Waals surface area contributed by atoms with Gasteiger partial charge in [0, 0.05) is 11.6 Å². The van der Waals surface area contributed by atoms with Crippen molar-refractivity contribution in [1.29, 1.82) is 0 Å². The van der Waals surface area contributed by atoms with Gasteiger partial charge in [-0.25, -0.2) is 4.79 Å². The summed E-state index contributed by atoms with van der Waals surface area (Å²) in [7, 11) is 0. The Morgan fingerprint density at radius 1 is 1.15 bits per heavy atom. The molecule has 4 rings (SSSR count). The number of nitrogens with zero attached hydrogens (tertiary/aromatic N) is 2. The maximum absolute atomic E-state index is 13.0. The quantitative estimate of drug-likeness (QED) is 0.152. The highest BCUT2D eigenvalue weighted by Gasteiger charge is 2.50. The Morgan fingerprint density at radius 2 is 1.91 bits per heavy atom. The smallest absolute Gasteiger partial charge is 0.338 e. The number of anilines is 1. The fraction of sp³-hybridized carbons (Fsp3) is 0.250. The van der Waals surface area contributed by atoms with Crippen LogP contribution in [-0.2, 0) is 14.3 Å². The standard InChI is InChI=1S/C24H19ClN2O7/c1-13-4-2-7-17-21(13)23(30)26(22(17)29)16-6-3-5-15(10-16)24(31)34-12-20(28)14-8-9-18(25)19(11-14)27(32)33/h2-6,8-11,13,17,21H,7,12H2,1H3/t13-,17+,21+/m0/s1. The van der Waals surface area contributed by atoms with Crippen LogP contribution < -0.4 is 4.90 Å². The van der Waals surface area contributed by atoms with Crippen molar-refractivity contribution < 1.29 is 28.8 Å². The molecule has 0 saturated carbocycles. The molecule has 2 amide bonds. The highest BCUT2D eigenvalue weighted by Crippen LogP contribution is 2.40. The first kappa shape index (κ1) is 23.3. The van der Waals surface area contributed by atoms with E-state index in [4.69, 9.17) is 16.3 Å². The predicted molar refractivity (Wildman–Crippen MR) is 122 cm³/mol. The van der Waals surface area contributed by atoms with E-state index in [0.717, 1.165) is 11.0 Å². The summed E-state index contributed by atoms with van der Waals surface area (Å²) >= 11 is 5.75. The van der Waals surface area contributed by atoms with Crippen molar-refractivity contribution >= 4 is 46.5 Å². The van der Waals surface area contributed by atoms with E-state index in [2.05, 4.69) is 0 Å². The van der Waals surface area contributed by atoms with E-state index in [1.165, 1.54) is 30.3 Å². The van der Waals surface area contributed by atoms with Gasteiger partial charge < -0.3 is 4.74 Å². The summed E-state index contributed by atoms with van der Waals surface area (Å²) in [5, 5.41) is 10.9. The molecule has 174 valence electrons. The SMILES string of the molecule is C[C@H]1C=CC[C@H]2C(=O)N(c3cccc(C(=O)OCC(=O)c4ccc(Cl)c([N+](=O)[O-])c4)c3)C(=O)[C@H]12. The maximum Gasteiger partial charge on any atom is 0.338 e. The van der Waals surface area contributed by atoms with E-state index < -0.39 is 40.8 Å². The lowest BCUT2D eigenvalue weighted by molar-refractivity contribution is -0.384. The van der Waals surface area contributed by atoms with Crippen molar-refractivity contribution in [1.82, 2.24) is 0 Å². The second-order valence-electron chi connectivity index (χ2n) is 8.14. The van der Waals surface area contributed by atoms with Crippen LogP contribution in [-0.4, -0.2) is 35.1 Å². The van der Waals surface area contributed by atoms with Crippen LogP contribution >= 0.6 is 11.6 Å². The third-order valence-electron chi connectivity index (χ3n) is 6.01. The van der Waals surface area contributed by atoms with Crippen LogP contribution in [0, 0.1) is 27.9 Å². The van der Waals surface area contributed by atoms with Crippen LogP contribution in [0.1, 0.15) is 34.1 Å². The number of imide groups is 1. The Balaban J connectivity index is 1.47.